The minimum absolute atomic E-state index is 0.160. The molecule has 2 N–H and O–H groups in total. The summed E-state index contributed by atoms with van der Waals surface area (Å²) in [5.74, 6) is 1.56. The third kappa shape index (κ3) is 2.06. The van der Waals surface area contributed by atoms with E-state index in [1.807, 2.05) is 31.3 Å². The van der Waals surface area contributed by atoms with Gasteiger partial charge in [0.25, 0.3) is 0 Å². The first-order chi connectivity index (χ1) is 10.7. The molecule has 4 rings (SSSR count). The molecule has 4 aromatic heterocycles. The summed E-state index contributed by atoms with van der Waals surface area (Å²) in [7, 11) is 0. The van der Waals surface area contributed by atoms with Gasteiger partial charge in [0.15, 0.2) is 11.5 Å². The second kappa shape index (κ2) is 4.96. The van der Waals surface area contributed by atoms with Crippen LogP contribution in [0.3, 0.4) is 0 Å². The fourth-order valence-corrected chi connectivity index (χ4v) is 2.66. The molecule has 0 unspecified atom stereocenters. The maximum absolute atomic E-state index is 5.93. The van der Waals surface area contributed by atoms with Gasteiger partial charge in [-0.15, -0.1) is 0 Å². The number of halogens is 1. The molecule has 8 heteroatoms. The third-order valence-electron chi connectivity index (χ3n) is 3.48. The lowest BCUT2D eigenvalue weighted by molar-refractivity contribution is 1.01. The Bertz CT molecular complexity index is 972. The zero-order chi connectivity index (χ0) is 15.1. The van der Waals surface area contributed by atoms with Gasteiger partial charge in [0.2, 0.25) is 5.28 Å². The van der Waals surface area contributed by atoms with E-state index in [0.29, 0.717) is 18.0 Å². The van der Waals surface area contributed by atoms with Crippen LogP contribution in [0.15, 0.2) is 30.7 Å². The molecule has 0 aromatic carbocycles. The molecule has 22 heavy (non-hydrogen) atoms. The van der Waals surface area contributed by atoms with Gasteiger partial charge < -0.3 is 14.7 Å². The van der Waals surface area contributed by atoms with Crippen molar-refractivity contribution in [1.29, 1.82) is 0 Å². The predicted octanol–water partition coefficient (Wildman–Crippen LogP) is 2.57. The summed E-state index contributed by atoms with van der Waals surface area (Å²) in [6.07, 6.45) is 3.56. The lowest BCUT2D eigenvalue weighted by Crippen LogP contribution is -2.04. The molecule has 0 aliphatic carbocycles. The summed E-state index contributed by atoms with van der Waals surface area (Å²) >= 11 is 5.93. The van der Waals surface area contributed by atoms with E-state index in [2.05, 4.69) is 34.6 Å². The Labute approximate surface area is 130 Å². The Kier molecular flexibility index (Phi) is 2.93. The van der Waals surface area contributed by atoms with Gasteiger partial charge in [-0.3, -0.25) is 0 Å². The van der Waals surface area contributed by atoms with Gasteiger partial charge in [0.1, 0.15) is 11.3 Å². The van der Waals surface area contributed by atoms with Crippen molar-refractivity contribution in [1.82, 2.24) is 29.3 Å². The highest BCUT2D eigenvalue weighted by atomic mass is 35.5. The van der Waals surface area contributed by atoms with Gasteiger partial charge >= 0.3 is 0 Å². The largest absolute Gasteiger partial charge is 0.362 e. The van der Waals surface area contributed by atoms with Crippen molar-refractivity contribution in [3.63, 3.8) is 0 Å². The summed E-state index contributed by atoms with van der Waals surface area (Å²) in [4.78, 5) is 20.0. The minimum atomic E-state index is 0.160. The number of nitrogens with zero attached hydrogens (tertiary/aromatic N) is 5. The maximum atomic E-state index is 5.93. The minimum Gasteiger partial charge on any atom is -0.362 e. The van der Waals surface area contributed by atoms with Gasteiger partial charge in [-0.25, -0.2) is 9.97 Å². The van der Waals surface area contributed by atoms with E-state index in [1.54, 1.807) is 6.33 Å². The molecular weight excluding hydrogens is 302 g/mol. The molecule has 0 spiro atoms. The average Bonchev–Trinajstić information content (AvgIpc) is 3.10. The molecule has 0 atom stereocenters. The second-order valence-corrected chi connectivity index (χ2v) is 5.20. The van der Waals surface area contributed by atoms with E-state index in [0.717, 1.165) is 22.6 Å². The van der Waals surface area contributed by atoms with Gasteiger partial charge in [-0.1, -0.05) is 6.07 Å². The molecule has 4 heterocycles. The third-order valence-corrected chi connectivity index (χ3v) is 3.65. The molecule has 7 nitrogen and oxygen atoms in total. The van der Waals surface area contributed by atoms with Crippen LogP contribution in [0.4, 0.5) is 5.82 Å². The second-order valence-electron chi connectivity index (χ2n) is 4.86. The van der Waals surface area contributed by atoms with Gasteiger partial charge in [0.05, 0.1) is 24.1 Å². The van der Waals surface area contributed by atoms with Crippen molar-refractivity contribution in [2.75, 3.05) is 5.32 Å². The molecule has 4 aromatic rings. The molecular formula is C14H12ClN7. The zero-order valence-electron chi connectivity index (χ0n) is 11.7. The predicted molar refractivity (Wildman–Crippen MR) is 83.9 cm³/mol. The number of H-pyrrole nitrogens is 1. The number of anilines is 1. The molecule has 0 aliphatic rings. The Morgan fingerprint density at radius 2 is 2.18 bits per heavy atom. The molecule has 0 fully saturated rings. The monoisotopic (exact) mass is 313 g/mol. The number of aromatic amines is 1. The molecule has 0 radical (unpaired) electrons. The zero-order valence-corrected chi connectivity index (χ0v) is 12.5. The van der Waals surface area contributed by atoms with Crippen LogP contribution in [0, 0.1) is 6.92 Å². The van der Waals surface area contributed by atoms with Crippen molar-refractivity contribution >= 4 is 34.1 Å². The summed E-state index contributed by atoms with van der Waals surface area (Å²) in [5.41, 5.74) is 3.27. The molecule has 0 saturated heterocycles. The van der Waals surface area contributed by atoms with Gasteiger partial charge in [-0.2, -0.15) is 9.97 Å². The standard InChI is InChI=1S/C14H12ClN7/c1-8-19-9(10-4-2-3-5-22(8)10)6-16-12-11-13(18-7-17-11)21-14(15)20-12/h2-5,7H,6H2,1H3,(H2,16,17,18,20,21). The van der Waals surface area contributed by atoms with Gasteiger partial charge in [0, 0.05) is 6.20 Å². The van der Waals surface area contributed by atoms with Crippen molar-refractivity contribution in [2.45, 2.75) is 13.5 Å². The first kappa shape index (κ1) is 13.0. The summed E-state index contributed by atoms with van der Waals surface area (Å²) < 4.78 is 2.05. The smallest absolute Gasteiger partial charge is 0.226 e. The fraction of sp³-hybridized carbons (Fsp3) is 0.143. The lowest BCUT2D eigenvalue weighted by atomic mass is 10.3. The van der Waals surface area contributed by atoms with Crippen molar-refractivity contribution in [3.8, 4) is 0 Å². The van der Waals surface area contributed by atoms with Crippen molar-refractivity contribution in [3.05, 3.63) is 47.5 Å². The van der Waals surface area contributed by atoms with Crippen LogP contribution in [0.5, 0.6) is 0 Å². The van der Waals surface area contributed by atoms with Crippen LogP contribution in [-0.2, 0) is 6.54 Å². The number of aryl methyl sites for hydroxylation is 1. The van der Waals surface area contributed by atoms with Crippen LogP contribution in [0.2, 0.25) is 5.28 Å². The Balaban J connectivity index is 1.70. The van der Waals surface area contributed by atoms with E-state index in [-0.39, 0.29) is 5.28 Å². The van der Waals surface area contributed by atoms with Crippen molar-refractivity contribution in [2.24, 2.45) is 0 Å². The number of fused-ring (bicyclic) bond motifs is 2. The number of nitrogens with one attached hydrogen (secondary N) is 2. The maximum Gasteiger partial charge on any atom is 0.226 e. The number of imidazole rings is 2. The lowest BCUT2D eigenvalue weighted by Gasteiger charge is -2.05. The fourth-order valence-electron chi connectivity index (χ4n) is 2.50. The quantitative estimate of drug-likeness (QED) is 0.568. The highest BCUT2D eigenvalue weighted by Gasteiger charge is 2.11. The van der Waals surface area contributed by atoms with Gasteiger partial charge in [-0.05, 0) is 30.7 Å². The van der Waals surface area contributed by atoms with E-state index >= 15 is 0 Å². The van der Waals surface area contributed by atoms with E-state index in [9.17, 15) is 0 Å². The number of rotatable bonds is 3. The van der Waals surface area contributed by atoms with E-state index in [4.69, 9.17) is 11.6 Å². The first-order valence-electron chi connectivity index (χ1n) is 6.75. The molecule has 0 aliphatic heterocycles. The summed E-state index contributed by atoms with van der Waals surface area (Å²) in [6.45, 7) is 2.51. The molecule has 110 valence electrons. The number of hydrogen-bond donors (Lipinski definition) is 2. The van der Waals surface area contributed by atoms with Crippen LogP contribution in [0.25, 0.3) is 16.7 Å². The number of hydrogen-bond acceptors (Lipinski definition) is 5. The van der Waals surface area contributed by atoms with Crippen LogP contribution >= 0.6 is 11.6 Å². The number of pyridine rings is 1. The first-order valence-corrected chi connectivity index (χ1v) is 7.13. The van der Waals surface area contributed by atoms with Crippen LogP contribution in [0.1, 0.15) is 11.5 Å². The van der Waals surface area contributed by atoms with E-state index in [1.165, 1.54) is 0 Å². The number of aromatic nitrogens is 6. The Morgan fingerprint density at radius 1 is 1.27 bits per heavy atom. The Morgan fingerprint density at radius 3 is 3.09 bits per heavy atom. The normalized spacial score (nSPS) is 11.4. The van der Waals surface area contributed by atoms with Crippen LogP contribution < -0.4 is 5.32 Å². The average molecular weight is 314 g/mol. The Hall–Kier alpha value is -2.67. The SMILES string of the molecule is Cc1nc(CNc2nc(Cl)nc3nc[nH]c23)c2ccccn12. The summed E-state index contributed by atoms with van der Waals surface area (Å²) in [6, 6.07) is 6.02. The van der Waals surface area contributed by atoms with Crippen molar-refractivity contribution < 1.29 is 0 Å². The highest BCUT2D eigenvalue weighted by molar-refractivity contribution is 6.28. The van der Waals surface area contributed by atoms with Crippen LogP contribution in [-0.4, -0.2) is 29.3 Å². The summed E-state index contributed by atoms with van der Waals surface area (Å²) in [5, 5.41) is 3.41. The topological polar surface area (TPSA) is 83.8 Å². The highest BCUT2D eigenvalue weighted by Crippen LogP contribution is 2.20. The molecule has 0 bridgehead atoms. The van der Waals surface area contributed by atoms with E-state index < -0.39 is 0 Å². The molecule has 0 amide bonds. The molecule has 0 saturated carbocycles.